The Morgan fingerprint density at radius 2 is 2.03 bits per heavy atom. The van der Waals surface area contributed by atoms with E-state index in [-0.39, 0.29) is 35.9 Å². The van der Waals surface area contributed by atoms with Crippen molar-refractivity contribution in [2.75, 3.05) is 60.0 Å². The van der Waals surface area contributed by atoms with Gasteiger partial charge in [-0.2, -0.15) is 0 Å². The molecule has 1 aromatic carbocycles. The van der Waals surface area contributed by atoms with Crippen molar-refractivity contribution < 1.29 is 9.13 Å². The summed E-state index contributed by atoms with van der Waals surface area (Å²) in [4.78, 5) is 8.96. The molecule has 1 aliphatic heterocycles. The minimum Gasteiger partial charge on any atom is -0.374 e. The third-order valence-corrected chi connectivity index (χ3v) is 4.72. The van der Waals surface area contributed by atoms with Crippen LogP contribution in [0.4, 0.5) is 4.39 Å². The van der Waals surface area contributed by atoms with E-state index in [0.29, 0.717) is 5.92 Å². The molecule has 8 heteroatoms. The van der Waals surface area contributed by atoms with E-state index in [2.05, 4.69) is 46.3 Å². The van der Waals surface area contributed by atoms with Crippen molar-refractivity contribution in [3.8, 4) is 0 Å². The quantitative estimate of drug-likeness (QED) is 0.297. The fraction of sp³-hybridized carbons (Fsp3) is 0.667. The average Bonchev–Trinajstić information content (AvgIpc) is 2.66. The van der Waals surface area contributed by atoms with Crippen LogP contribution in [0.5, 0.6) is 0 Å². The number of likely N-dealkylation sites (N-methyl/N-ethyl adjacent to an activating group) is 1. The zero-order valence-corrected chi connectivity index (χ0v) is 20.5. The fourth-order valence-electron chi connectivity index (χ4n) is 3.36. The molecule has 166 valence electrons. The van der Waals surface area contributed by atoms with Gasteiger partial charge in [-0.3, -0.25) is 9.89 Å². The number of benzene rings is 1. The first-order valence-corrected chi connectivity index (χ1v) is 10.2. The topological polar surface area (TPSA) is 52.1 Å². The third-order valence-electron chi connectivity index (χ3n) is 4.72. The molecule has 6 nitrogen and oxygen atoms in total. The van der Waals surface area contributed by atoms with Gasteiger partial charge in [0.15, 0.2) is 5.96 Å². The van der Waals surface area contributed by atoms with E-state index in [9.17, 15) is 4.39 Å². The Hall–Kier alpha value is -0.970. The first kappa shape index (κ1) is 26.1. The highest BCUT2D eigenvalue weighted by Crippen LogP contribution is 2.07. The second-order valence-corrected chi connectivity index (χ2v) is 7.89. The van der Waals surface area contributed by atoms with Crippen LogP contribution in [-0.4, -0.2) is 81.8 Å². The molecule has 0 spiro atoms. The summed E-state index contributed by atoms with van der Waals surface area (Å²) in [5.41, 5.74) is 1.10. The van der Waals surface area contributed by atoms with E-state index in [1.165, 1.54) is 12.1 Å². The third kappa shape index (κ3) is 10.6. The van der Waals surface area contributed by atoms with Gasteiger partial charge in [0.05, 0.1) is 12.7 Å². The molecule has 0 amide bonds. The van der Waals surface area contributed by atoms with Crippen LogP contribution < -0.4 is 10.6 Å². The molecule has 0 aliphatic carbocycles. The lowest BCUT2D eigenvalue weighted by molar-refractivity contribution is -0.0284. The molecule has 1 heterocycles. The van der Waals surface area contributed by atoms with Crippen LogP contribution in [0.1, 0.15) is 19.4 Å². The lowest BCUT2D eigenvalue weighted by Crippen LogP contribution is -2.50. The van der Waals surface area contributed by atoms with E-state index in [0.717, 1.165) is 63.9 Å². The van der Waals surface area contributed by atoms with Crippen molar-refractivity contribution >= 4 is 29.9 Å². The van der Waals surface area contributed by atoms with Crippen LogP contribution in [0.3, 0.4) is 0 Å². The minimum absolute atomic E-state index is 0. The molecule has 0 aromatic heterocycles. The number of guanidine groups is 1. The van der Waals surface area contributed by atoms with E-state index in [1.807, 2.05) is 12.1 Å². The van der Waals surface area contributed by atoms with Gasteiger partial charge in [-0.05, 0) is 30.7 Å². The van der Waals surface area contributed by atoms with Crippen LogP contribution in [0.15, 0.2) is 29.3 Å². The summed E-state index contributed by atoms with van der Waals surface area (Å²) in [5.74, 6) is 1.27. The van der Waals surface area contributed by atoms with Gasteiger partial charge < -0.3 is 20.3 Å². The molecule has 2 N–H and O–H groups in total. The molecule has 0 bridgehead atoms. The van der Waals surface area contributed by atoms with Gasteiger partial charge in [0.2, 0.25) is 0 Å². The molecule has 1 unspecified atom stereocenters. The second kappa shape index (κ2) is 14.1. The van der Waals surface area contributed by atoms with Crippen LogP contribution in [-0.2, 0) is 11.3 Å². The van der Waals surface area contributed by atoms with Gasteiger partial charge in [-0.1, -0.05) is 26.0 Å². The number of halogens is 2. The van der Waals surface area contributed by atoms with Crippen LogP contribution in [0, 0.1) is 11.7 Å². The zero-order valence-electron chi connectivity index (χ0n) is 18.2. The van der Waals surface area contributed by atoms with Gasteiger partial charge in [0, 0.05) is 52.9 Å². The maximum absolute atomic E-state index is 13.0. The summed E-state index contributed by atoms with van der Waals surface area (Å²) in [5, 5.41) is 6.72. The average molecular weight is 521 g/mol. The maximum Gasteiger partial charge on any atom is 0.191 e. The number of hydrogen-bond donors (Lipinski definition) is 2. The highest BCUT2D eigenvalue weighted by atomic mass is 127. The van der Waals surface area contributed by atoms with Gasteiger partial charge in [0.1, 0.15) is 5.82 Å². The fourth-order valence-corrected chi connectivity index (χ4v) is 3.36. The number of morpholine rings is 1. The van der Waals surface area contributed by atoms with Gasteiger partial charge in [-0.25, -0.2) is 4.39 Å². The monoisotopic (exact) mass is 521 g/mol. The highest BCUT2D eigenvalue weighted by molar-refractivity contribution is 14.0. The van der Waals surface area contributed by atoms with Crippen molar-refractivity contribution in [1.82, 2.24) is 20.4 Å². The van der Waals surface area contributed by atoms with E-state index in [1.54, 1.807) is 7.05 Å². The predicted octanol–water partition coefficient (Wildman–Crippen LogP) is 2.40. The Kier molecular flexibility index (Phi) is 12.7. The van der Waals surface area contributed by atoms with Crippen molar-refractivity contribution in [3.05, 3.63) is 35.6 Å². The summed E-state index contributed by atoms with van der Waals surface area (Å²) in [6, 6.07) is 6.66. The molecule has 1 aromatic rings. The smallest absolute Gasteiger partial charge is 0.191 e. The number of nitrogens with one attached hydrogen (secondary N) is 2. The van der Waals surface area contributed by atoms with Crippen molar-refractivity contribution in [2.24, 2.45) is 10.9 Å². The van der Waals surface area contributed by atoms with Crippen LogP contribution in [0.2, 0.25) is 0 Å². The first-order chi connectivity index (χ1) is 13.5. The van der Waals surface area contributed by atoms with E-state index < -0.39 is 0 Å². The zero-order chi connectivity index (χ0) is 20.4. The van der Waals surface area contributed by atoms with Gasteiger partial charge >= 0.3 is 0 Å². The number of nitrogens with zero attached hydrogens (tertiary/aromatic N) is 3. The number of aliphatic imine (C=N–C) groups is 1. The molecular formula is C21H37FIN5O. The predicted molar refractivity (Wildman–Crippen MR) is 129 cm³/mol. The van der Waals surface area contributed by atoms with E-state index >= 15 is 0 Å². The summed E-state index contributed by atoms with van der Waals surface area (Å²) < 4.78 is 18.9. The first-order valence-electron chi connectivity index (χ1n) is 10.2. The lowest BCUT2D eigenvalue weighted by Gasteiger charge is -2.34. The Bertz CT molecular complexity index is 599. The standard InChI is InChI=1S/C21H36FN5O.HI/c1-17(2)14-27-11-12-28-20(16-27)13-25-21(23-3)24-9-10-26(4)15-18-5-7-19(22)8-6-18;/h5-8,17,20H,9-16H2,1-4H3,(H2,23,24,25);1H. The van der Waals surface area contributed by atoms with Crippen molar-refractivity contribution in [1.29, 1.82) is 0 Å². The summed E-state index contributed by atoms with van der Waals surface area (Å²) in [6.45, 7) is 11.6. The molecule has 1 aliphatic rings. The van der Waals surface area contributed by atoms with Gasteiger partial charge in [-0.15, -0.1) is 24.0 Å². The van der Waals surface area contributed by atoms with E-state index in [4.69, 9.17) is 4.74 Å². The molecule has 1 atom stereocenters. The summed E-state index contributed by atoms with van der Waals surface area (Å²) in [7, 11) is 3.84. The second-order valence-electron chi connectivity index (χ2n) is 7.89. The van der Waals surface area contributed by atoms with Crippen molar-refractivity contribution in [3.63, 3.8) is 0 Å². The lowest BCUT2D eigenvalue weighted by atomic mass is 10.2. The molecule has 29 heavy (non-hydrogen) atoms. The highest BCUT2D eigenvalue weighted by Gasteiger charge is 2.21. The Morgan fingerprint density at radius 1 is 1.31 bits per heavy atom. The number of ether oxygens (including phenoxy) is 1. The Labute approximate surface area is 192 Å². The number of rotatable bonds is 9. The largest absolute Gasteiger partial charge is 0.374 e. The number of hydrogen-bond acceptors (Lipinski definition) is 4. The molecule has 2 rings (SSSR count). The molecular weight excluding hydrogens is 484 g/mol. The normalized spacial score (nSPS) is 18.0. The molecule has 0 radical (unpaired) electrons. The summed E-state index contributed by atoms with van der Waals surface area (Å²) >= 11 is 0. The van der Waals surface area contributed by atoms with Crippen molar-refractivity contribution in [2.45, 2.75) is 26.5 Å². The minimum atomic E-state index is -0.197. The van der Waals surface area contributed by atoms with Crippen LogP contribution in [0.25, 0.3) is 0 Å². The Morgan fingerprint density at radius 3 is 2.69 bits per heavy atom. The molecule has 1 fully saturated rings. The molecule has 1 saturated heterocycles. The maximum atomic E-state index is 13.0. The molecule has 0 saturated carbocycles. The Balaban J connectivity index is 0.00000420. The summed E-state index contributed by atoms with van der Waals surface area (Å²) in [6.07, 6.45) is 0.187. The SMILES string of the molecule is CN=C(NCCN(C)Cc1ccc(F)cc1)NCC1CN(CC(C)C)CCO1.I. The van der Waals surface area contributed by atoms with Crippen LogP contribution >= 0.6 is 24.0 Å². The van der Waals surface area contributed by atoms with Gasteiger partial charge in [0.25, 0.3) is 0 Å².